The van der Waals surface area contributed by atoms with Crippen molar-refractivity contribution < 1.29 is 33.3 Å². The van der Waals surface area contributed by atoms with Crippen LogP contribution in [0.3, 0.4) is 0 Å². The molecule has 4 aromatic rings. The largest absolute Gasteiger partial charge is 0.494 e. The molecular weight excluding hydrogens is 693 g/mol. The number of esters is 2. The summed E-state index contributed by atoms with van der Waals surface area (Å²) in [5, 5.41) is 8.57. The molecule has 0 radical (unpaired) electrons. The Kier molecular flexibility index (Phi) is 17.3. The predicted octanol–water partition coefficient (Wildman–Crippen LogP) is 12.1. The molecule has 0 unspecified atom stereocenters. The van der Waals surface area contributed by atoms with Crippen LogP contribution < -0.4 is 14.2 Å². The van der Waals surface area contributed by atoms with Gasteiger partial charge in [-0.15, -0.1) is 0 Å². The van der Waals surface area contributed by atoms with Crippen molar-refractivity contribution in [1.29, 1.82) is 0 Å². The molecule has 0 aliphatic carbocycles. The molecule has 0 amide bonds. The zero-order valence-electron chi connectivity index (χ0n) is 32.6. The molecule has 0 fully saturated rings. The molecule has 290 valence electrons. The summed E-state index contributed by atoms with van der Waals surface area (Å²) in [6, 6.07) is 28.2. The summed E-state index contributed by atoms with van der Waals surface area (Å²) in [6.45, 7) is 9.73. The van der Waals surface area contributed by atoms with Crippen molar-refractivity contribution in [3.8, 4) is 17.2 Å². The second kappa shape index (κ2) is 22.6. The highest BCUT2D eigenvalue weighted by Gasteiger charge is 2.26. The van der Waals surface area contributed by atoms with Gasteiger partial charge < -0.3 is 18.9 Å². The number of ketones is 1. The van der Waals surface area contributed by atoms with Gasteiger partial charge in [0, 0.05) is 5.56 Å². The van der Waals surface area contributed by atoms with E-state index in [-0.39, 0.29) is 11.8 Å². The number of benzene rings is 4. The SMILES string of the molecule is CCCCCCOc1ccc(C(=O)/C=C/c2ccc(OC(=O)c3ccc(N=Nc4ccc(OCCCCCCOC(=O)C(C)(C)CC)cc4)cc3)cc2)cc1. The Balaban J connectivity index is 1.14. The first-order valence-corrected chi connectivity index (χ1v) is 19.4. The lowest BCUT2D eigenvalue weighted by molar-refractivity contribution is -0.154. The van der Waals surface area contributed by atoms with Crippen molar-refractivity contribution in [3.63, 3.8) is 0 Å². The minimum atomic E-state index is -0.497. The standard InChI is InChI=1S/C46H54N2O7/c1-5-7-8-11-32-52-40-27-19-36(20-28-40)43(49)31-16-35-14-25-42(26-15-35)55-44(50)37-17-21-38(22-18-37)47-48-39-23-29-41(30-24-39)53-33-12-9-10-13-34-54-45(51)46(3,4)6-2/h14-31H,5-13,32-34H2,1-4H3/b31-16+,48-47?. The predicted molar refractivity (Wildman–Crippen MR) is 217 cm³/mol. The fourth-order valence-corrected chi connectivity index (χ4v) is 5.16. The average molecular weight is 747 g/mol. The topological polar surface area (TPSA) is 113 Å². The molecule has 0 N–H and O–H groups in total. The molecule has 4 rings (SSSR count). The van der Waals surface area contributed by atoms with Crippen molar-refractivity contribution in [2.24, 2.45) is 15.6 Å². The second-order valence-corrected chi connectivity index (χ2v) is 14.0. The summed E-state index contributed by atoms with van der Waals surface area (Å²) >= 11 is 0. The van der Waals surface area contributed by atoms with E-state index in [1.807, 2.05) is 57.2 Å². The molecule has 0 atom stereocenters. The molecule has 0 aliphatic heterocycles. The minimum absolute atomic E-state index is 0.111. The number of ether oxygens (including phenoxy) is 4. The summed E-state index contributed by atoms with van der Waals surface area (Å²) < 4.78 is 22.5. The van der Waals surface area contributed by atoms with Crippen LogP contribution in [0, 0.1) is 5.41 Å². The zero-order chi connectivity index (χ0) is 39.3. The van der Waals surface area contributed by atoms with Gasteiger partial charge in [-0.3, -0.25) is 9.59 Å². The molecule has 0 aromatic heterocycles. The Morgan fingerprint density at radius 2 is 1.07 bits per heavy atom. The van der Waals surface area contributed by atoms with Crippen LogP contribution in [0.4, 0.5) is 11.4 Å². The molecule has 4 aromatic carbocycles. The normalized spacial score (nSPS) is 11.5. The van der Waals surface area contributed by atoms with Gasteiger partial charge in [0.2, 0.25) is 0 Å². The Morgan fingerprint density at radius 1 is 0.582 bits per heavy atom. The molecule has 9 heteroatoms. The van der Waals surface area contributed by atoms with Gasteiger partial charge in [0.1, 0.15) is 17.2 Å². The van der Waals surface area contributed by atoms with E-state index in [1.165, 1.54) is 18.9 Å². The number of azo groups is 1. The number of hydrogen-bond donors (Lipinski definition) is 0. The lowest BCUT2D eigenvalue weighted by atomic mass is 9.91. The molecule has 0 bridgehead atoms. The van der Waals surface area contributed by atoms with E-state index in [9.17, 15) is 14.4 Å². The van der Waals surface area contributed by atoms with Crippen LogP contribution in [0.15, 0.2) is 113 Å². The lowest BCUT2D eigenvalue weighted by Gasteiger charge is -2.20. The first-order valence-electron chi connectivity index (χ1n) is 19.4. The monoisotopic (exact) mass is 746 g/mol. The summed E-state index contributed by atoms with van der Waals surface area (Å²) in [5.74, 6) is 1.17. The number of rotatable bonds is 23. The maximum absolute atomic E-state index is 12.8. The Morgan fingerprint density at radius 3 is 1.64 bits per heavy atom. The first-order chi connectivity index (χ1) is 26.7. The Bertz CT molecular complexity index is 1830. The van der Waals surface area contributed by atoms with Gasteiger partial charge in [-0.2, -0.15) is 10.2 Å². The van der Waals surface area contributed by atoms with E-state index in [0.717, 1.165) is 62.0 Å². The average Bonchev–Trinajstić information content (AvgIpc) is 3.21. The van der Waals surface area contributed by atoms with Crippen LogP contribution in [0.5, 0.6) is 17.2 Å². The van der Waals surface area contributed by atoms with E-state index in [1.54, 1.807) is 66.7 Å². The molecule has 0 heterocycles. The van der Waals surface area contributed by atoms with Gasteiger partial charge in [0.15, 0.2) is 5.78 Å². The van der Waals surface area contributed by atoms with Gasteiger partial charge in [-0.1, -0.05) is 51.3 Å². The highest BCUT2D eigenvalue weighted by Crippen LogP contribution is 2.24. The number of allylic oxidation sites excluding steroid dienone is 1. The van der Waals surface area contributed by atoms with Crippen LogP contribution in [0.2, 0.25) is 0 Å². The fourth-order valence-electron chi connectivity index (χ4n) is 5.16. The van der Waals surface area contributed by atoms with E-state index < -0.39 is 11.4 Å². The number of hydrogen-bond acceptors (Lipinski definition) is 9. The number of carbonyl (C=O) groups is 3. The number of nitrogens with zero attached hydrogens (tertiary/aromatic N) is 2. The third-order valence-corrected chi connectivity index (χ3v) is 9.12. The third-order valence-electron chi connectivity index (χ3n) is 9.12. The van der Waals surface area contributed by atoms with Crippen LogP contribution in [-0.2, 0) is 9.53 Å². The first kappa shape index (κ1) is 42.2. The maximum atomic E-state index is 12.8. The minimum Gasteiger partial charge on any atom is -0.494 e. The van der Waals surface area contributed by atoms with Crippen molar-refractivity contribution in [2.45, 2.75) is 85.5 Å². The van der Waals surface area contributed by atoms with Crippen molar-refractivity contribution >= 4 is 35.2 Å². The highest BCUT2D eigenvalue weighted by molar-refractivity contribution is 6.06. The molecule has 0 saturated heterocycles. The molecule has 0 saturated carbocycles. The summed E-state index contributed by atoms with van der Waals surface area (Å²) in [7, 11) is 0. The summed E-state index contributed by atoms with van der Waals surface area (Å²) in [4.78, 5) is 37.4. The van der Waals surface area contributed by atoms with Crippen LogP contribution >= 0.6 is 0 Å². The number of carbonyl (C=O) groups excluding carboxylic acids is 3. The molecule has 9 nitrogen and oxygen atoms in total. The van der Waals surface area contributed by atoms with Gasteiger partial charge in [-0.25, -0.2) is 4.79 Å². The number of unbranched alkanes of at least 4 members (excludes halogenated alkanes) is 6. The third kappa shape index (κ3) is 15.0. The van der Waals surface area contributed by atoms with E-state index in [2.05, 4.69) is 17.2 Å². The Hall–Kier alpha value is -5.57. The molecule has 0 spiro atoms. The maximum Gasteiger partial charge on any atom is 0.343 e. The van der Waals surface area contributed by atoms with Crippen LogP contribution in [0.1, 0.15) is 112 Å². The van der Waals surface area contributed by atoms with Crippen LogP contribution in [-0.4, -0.2) is 37.5 Å². The van der Waals surface area contributed by atoms with Crippen molar-refractivity contribution in [1.82, 2.24) is 0 Å². The van der Waals surface area contributed by atoms with Crippen molar-refractivity contribution in [3.05, 3.63) is 120 Å². The summed E-state index contributed by atoms with van der Waals surface area (Å²) in [5.41, 5.74) is 2.60. The smallest absolute Gasteiger partial charge is 0.343 e. The van der Waals surface area contributed by atoms with E-state index in [4.69, 9.17) is 18.9 Å². The van der Waals surface area contributed by atoms with Crippen molar-refractivity contribution in [2.75, 3.05) is 19.8 Å². The van der Waals surface area contributed by atoms with Gasteiger partial charge >= 0.3 is 11.9 Å². The molecule has 0 aliphatic rings. The quantitative estimate of drug-likeness (QED) is 0.0185. The zero-order valence-corrected chi connectivity index (χ0v) is 32.6. The summed E-state index contributed by atoms with van der Waals surface area (Å²) in [6.07, 6.45) is 12.3. The Labute approximate surface area is 325 Å². The van der Waals surface area contributed by atoms with Crippen LogP contribution in [0.25, 0.3) is 6.08 Å². The van der Waals surface area contributed by atoms with E-state index in [0.29, 0.717) is 48.1 Å². The highest BCUT2D eigenvalue weighted by atomic mass is 16.5. The van der Waals surface area contributed by atoms with Gasteiger partial charge in [-0.05, 0) is 149 Å². The van der Waals surface area contributed by atoms with Gasteiger partial charge in [0.25, 0.3) is 0 Å². The molecule has 55 heavy (non-hydrogen) atoms. The van der Waals surface area contributed by atoms with Gasteiger partial charge in [0.05, 0.1) is 42.2 Å². The molecular formula is C46H54N2O7. The fraction of sp³-hybridized carbons (Fsp3) is 0.370. The van der Waals surface area contributed by atoms with E-state index >= 15 is 0 Å². The second-order valence-electron chi connectivity index (χ2n) is 14.0. The lowest BCUT2D eigenvalue weighted by Crippen LogP contribution is -2.26.